The number of allylic oxidation sites excluding steroid dienone is 4. The minimum atomic E-state index is -4.81. The minimum Gasteiger partial charge on any atom is -0.462 e. The van der Waals surface area contributed by atoms with Crippen LogP contribution in [0.4, 0.5) is 0 Å². The fourth-order valence-electron chi connectivity index (χ4n) is 7.32. The summed E-state index contributed by atoms with van der Waals surface area (Å²) in [4.78, 5) is 43.2. The zero-order chi connectivity index (χ0) is 42.0. The van der Waals surface area contributed by atoms with Gasteiger partial charge >= 0.3 is 19.8 Å². The highest BCUT2D eigenvalue weighted by Gasteiger charge is 2.39. The van der Waals surface area contributed by atoms with Gasteiger partial charge in [-0.05, 0) is 63.7 Å². The van der Waals surface area contributed by atoms with E-state index in [-0.39, 0.29) is 31.3 Å². The lowest BCUT2D eigenvalue weighted by Gasteiger charge is -2.21. The summed E-state index contributed by atoms with van der Waals surface area (Å²) in [5.41, 5.74) is 0. The normalized spacial score (nSPS) is 19.9. The molecule has 1 rings (SSSR count). The highest BCUT2D eigenvalue weighted by molar-refractivity contribution is 7.46. The molecule has 0 aromatic carbocycles. The lowest BCUT2D eigenvalue weighted by Crippen LogP contribution is -2.29. The molecule has 0 aromatic rings. The molecule has 0 saturated heterocycles. The fraction of sp³-hybridized carbons (Fsp3) is 0.822. The molecule has 0 bridgehead atoms. The number of carbonyl (C=O) groups excluding carboxylic acids is 2. The van der Waals surface area contributed by atoms with E-state index in [2.05, 4.69) is 42.7 Å². The first-order valence-electron chi connectivity index (χ1n) is 22.5. The van der Waals surface area contributed by atoms with E-state index in [0.717, 1.165) is 77.0 Å². The Bertz CT molecular complexity index is 1140. The number of ether oxygens (including phenoxy) is 2. The molecule has 12 heteroatoms. The van der Waals surface area contributed by atoms with Crippen LogP contribution in [0.1, 0.15) is 187 Å². The van der Waals surface area contributed by atoms with Gasteiger partial charge in [-0.15, -0.1) is 0 Å². The summed E-state index contributed by atoms with van der Waals surface area (Å²) in [5.74, 6) is -1.31. The standard InChI is InChI=1S/C45H81O11P/c1-3-5-7-8-9-10-11-12-13-14-15-16-17-18-19-20-21-22-28-32-45(50)56-39(37-55-57(51,52)53)36-54-44(49)31-27-24-23-26-30-40-41(43(48)35-42(40)47)34-33-38(46)29-25-6-4-2/h9-10,12-13,33-34,38-43,46-48H,3-8,11,14-32,35-37H2,1-2H3,(H2,51,52,53)/b10-9-,13-12-,34-33+/t38-,39+,40+,41+,42-,43+/m0/s1. The third kappa shape index (κ3) is 30.8. The number of aliphatic hydroxyl groups is 3. The topological polar surface area (TPSA) is 180 Å². The van der Waals surface area contributed by atoms with Crippen molar-refractivity contribution in [1.82, 2.24) is 0 Å². The molecule has 0 radical (unpaired) electrons. The van der Waals surface area contributed by atoms with Gasteiger partial charge in [0, 0.05) is 25.2 Å². The van der Waals surface area contributed by atoms with Crippen molar-refractivity contribution in [1.29, 1.82) is 0 Å². The predicted octanol–water partition coefficient (Wildman–Crippen LogP) is 10.1. The molecule has 1 aliphatic carbocycles. The summed E-state index contributed by atoms with van der Waals surface area (Å²) in [6.07, 6.45) is 35.0. The molecule has 0 aromatic heterocycles. The number of hydrogen-bond acceptors (Lipinski definition) is 9. The maximum absolute atomic E-state index is 12.5. The van der Waals surface area contributed by atoms with Crippen LogP contribution in [0.3, 0.4) is 0 Å². The van der Waals surface area contributed by atoms with Gasteiger partial charge < -0.3 is 34.6 Å². The molecule has 332 valence electrons. The zero-order valence-corrected chi connectivity index (χ0v) is 36.5. The molecular weight excluding hydrogens is 747 g/mol. The summed E-state index contributed by atoms with van der Waals surface area (Å²) in [7, 11) is -4.81. The van der Waals surface area contributed by atoms with Crippen molar-refractivity contribution >= 4 is 19.8 Å². The van der Waals surface area contributed by atoms with Gasteiger partial charge in [0.15, 0.2) is 6.10 Å². The van der Waals surface area contributed by atoms with Crippen LogP contribution >= 0.6 is 7.82 Å². The largest absolute Gasteiger partial charge is 0.469 e. The number of rotatable bonds is 37. The second kappa shape index (κ2) is 35.0. The first-order chi connectivity index (χ1) is 27.5. The molecule has 0 amide bonds. The lowest BCUT2D eigenvalue weighted by molar-refractivity contribution is -0.161. The second-order valence-corrected chi connectivity index (χ2v) is 17.2. The number of esters is 2. The molecule has 1 aliphatic rings. The van der Waals surface area contributed by atoms with Gasteiger partial charge in [-0.3, -0.25) is 14.1 Å². The monoisotopic (exact) mass is 829 g/mol. The molecule has 1 saturated carbocycles. The summed E-state index contributed by atoms with van der Waals surface area (Å²) in [5, 5.41) is 31.3. The molecular formula is C45H81O11P. The molecule has 0 unspecified atom stereocenters. The molecule has 0 aliphatic heterocycles. The molecule has 6 atom stereocenters. The maximum atomic E-state index is 12.5. The van der Waals surface area contributed by atoms with Gasteiger partial charge in [0.25, 0.3) is 0 Å². The Kier molecular flexibility index (Phi) is 32.6. The maximum Gasteiger partial charge on any atom is 0.469 e. The quantitative estimate of drug-likeness (QED) is 0.0174. The average Bonchev–Trinajstić information content (AvgIpc) is 3.44. The van der Waals surface area contributed by atoms with Crippen LogP contribution in [-0.4, -0.2) is 74.7 Å². The van der Waals surface area contributed by atoms with Crippen LogP contribution in [0, 0.1) is 11.8 Å². The van der Waals surface area contributed by atoms with Crippen molar-refractivity contribution < 1.29 is 53.3 Å². The summed E-state index contributed by atoms with van der Waals surface area (Å²) in [6, 6.07) is 0. The first kappa shape index (κ1) is 53.2. The average molecular weight is 829 g/mol. The van der Waals surface area contributed by atoms with Gasteiger partial charge in [0.05, 0.1) is 24.9 Å². The summed E-state index contributed by atoms with van der Waals surface area (Å²) >= 11 is 0. The zero-order valence-electron chi connectivity index (χ0n) is 35.6. The predicted molar refractivity (Wildman–Crippen MR) is 227 cm³/mol. The van der Waals surface area contributed by atoms with E-state index in [4.69, 9.17) is 19.3 Å². The lowest BCUT2D eigenvalue weighted by atomic mass is 9.88. The van der Waals surface area contributed by atoms with E-state index in [1.807, 2.05) is 6.08 Å². The third-order valence-electron chi connectivity index (χ3n) is 10.7. The van der Waals surface area contributed by atoms with Crippen LogP contribution in [0.2, 0.25) is 0 Å². The number of phosphoric ester groups is 1. The first-order valence-corrected chi connectivity index (χ1v) is 24.1. The van der Waals surface area contributed by atoms with Crippen molar-refractivity contribution in [2.75, 3.05) is 13.2 Å². The van der Waals surface area contributed by atoms with Crippen LogP contribution in [0.5, 0.6) is 0 Å². The number of hydrogen-bond donors (Lipinski definition) is 5. The van der Waals surface area contributed by atoms with Crippen molar-refractivity contribution in [2.24, 2.45) is 11.8 Å². The summed E-state index contributed by atoms with van der Waals surface area (Å²) < 4.78 is 26.5. The van der Waals surface area contributed by atoms with Crippen molar-refractivity contribution in [2.45, 2.75) is 212 Å². The van der Waals surface area contributed by atoms with E-state index in [1.165, 1.54) is 57.8 Å². The van der Waals surface area contributed by atoms with E-state index in [0.29, 0.717) is 25.7 Å². The Hall–Kier alpha value is -1.85. The van der Waals surface area contributed by atoms with E-state index in [9.17, 15) is 29.5 Å². The van der Waals surface area contributed by atoms with E-state index < -0.39 is 50.8 Å². The van der Waals surface area contributed by atoms with Crippen molar-refractivity contribution in [3.8, 4) is 0 Å². The third-order valence-corrected chi connectivity index (χ3v) is 11.2. The Labute approximate surface area is 345 Å². The van der Waals surface area contributed by atoms with Crippen LogP contribution in [-0.2, 0) is 28.2 Å². The Morgan fingerprint density at radius 2 is 1.23 bits per heavy atom. The van der Waals surface area contributed by atoms with E-state index in [1.54, 1.807) is 6.08 Å². The Balaban J connectivity index is 2.21. The number of carbonyl (C=O) groups is 2. The fourth-order valence-corrected chi connectivity index (χ4v) is 7.68. The van der Waals surface area contributed by atoms with Crippen LogP contribution < -0.4 is 0 Å². The van der Waals surface area contributed by atoms with E-state index >= 15 is 0 Å². The highest BCUT2D eigenvalue weighted by atomic mass is 31.2. The molecule has 0 spiro atoms. The van der Waals surface area contributed by atoms with Crippen LogP contribution in [0.15, 0.2) is 36.5 Å². The van der Waals surface area contributed by atoms with Gasteiger partial charge in [0.1, 0.15) is 6.61 Å². The highest BCUT2D eigenvalue weighted by Crippen LogP contribution is 2.38. The van der Waals surface area contributed by atoms with Gasteiger partial charge in [-0.2, -0.15) is 0 Å². The Morgan fingerprint density at radius 3 is 1.84 bits per heavy atom. The number of phosphoric acid groups is 1. The number of aliphatic hydroxyl groups excluding tert-OH is 3. The molecule has 5 N–H and O–H groups in total. The molecule has 0 heterocycles. The van der Waals surface area contributed by atoms with Gasteiger partial charge in [-0.25, -0.2) is 4.57 Å². The smallest absolute Gasteiger partial charge is 0.462 e. The minimum absolute atomic E-state index is 0.0836. The molecule has 11 nitrogen and oxygen atoms in total. The van der Waals surface area contributed by atoms with Gasteiger partial charge in [-0.1, -0.05) is 147 Å². The van der Waals surface area contributed by atoms with Crippen LogP contribution in [0.25, 0.3) is 0 Å². The van der Waals surface area contributed by atoms with Crippen molar-refractivity contribution in [3.63, 3.8) is 0 Å². The Morgan fingerprint density at radius 1 is 0.684 bits per heavy atom. The molecule has 1 fully saturated rings. The molecule has 57 heavy (non-hydrogen) atoms. The summed E-state index contributed by atoms with van der Waals surface area (Å²) in [6.45, 7) is 3.39. The SMILES string of the molecule is CCCCC/C=C\C/C=C\CCCCCCCCCCCC(=O)O[C@H](COC(=O)CCCCCC[C@@H]1[C@@H](/C=C/[C@@H](O)CCCCC)[C@H](O)C[C@@H]1O)COP(=O)(O)O. The second-order valence-electron chi connectivity index (χ2n) is 16.0. The van der Waals surface area contributed by atoms with Crippen molar-refractivity contribution in [3.05, 3.63) is 36.5 Å². The van der Waals surface area contributed by atoms with Gasteiger partial charge in [0.2, 0.25) is 0 Å². The number of unbranched alkanes of at least 4 members (excludes halogenated alkanes) is 17.